The molecule has 1 aromatic heterocycles. The van der Waals surface area contributed by atoms with Gasteiger partial charge in [0.1, 0.15) is 6.61 Å². The van der Waals surface area contributed by atoms with E-state index in [1.165, 1.54) is 0 Å². The van der Waals surface area contributed by atoms with Crippen LogP contribution in [-0.4, -0.2) is 27.1 Å². The number of benzene rings is 1. The molecule has 0 fully saturated rings. The first-order valence-corrected chi connectivity index (χ1v) is 8.18. The van der Waals surface area contributed by atoms with E-state index in [0.717, 1.165) is 23.3 Å². The Hall–Kier alpha value is -2.82. The molecule has 1 amide bonds. The Labute approximate surface area is 140 Å². The van der Waals surface area contributed by atoms with Gasteiger partial charge in [0.05, 0.1) is 18.8 Å². The summed E-state index contributed by atoms with van der Waals surface area (Å²) in [4.78, 5) is 14.4. The molecule has 1 aromatic carbocycles. The predicted molar refractivity (Wildman–Crippen MR) is 90.3 cm³/mol. The molecule has 24 heavy (non-hydrogen) atoms. The normalized spacial score (nSPS) is 16.0. The van der Waals surface area contributed by atoms with Gasteiger partial charge in [0.25, 0.3) is 5.91 Å². The maximum Gasteiger partial charge on any atom is 0.250 e. The zero-order valence-corrected chi connectivity index (χ0v) is 13.4. The van der Waals surface area contributed by atoms with Crippen molar-refractivity contribution < 1.29 is 9.53 Å². The van der Waals surface area contributed by atoms with Gasteiger partial charge in [-0.2, -0.15) is 0 Å². The van der Waals surface area contributed by atoms with Crippen LogP contribution >= 0.6 is 0 Å². The summed E-state index contributed by atoms with van der Waals surface area (Å²) in [5, 5.41) is 4.49. The molecule has 0 unspecified atom stereocenters. The van der Waals surface area contributed by atoms with E-state index >= 15 is 0 Å². The molecule has 5 heteroatoms. The molecule has 4 rings (SSSR count). The molecule has 0 saturated carbocycles. The number of fused-ring (bicyclic) bond motifs is 1. The molecule has 2 aliphatic rings. The fraction of sp³-hybridized carbons (Fsp3) is 0.263. The average molecular weight is 321 g/mol. The quantitative estimate of drug-likeness (QED) is 0.870. The Morgan fingerprint density at radius 2 is 2.08 bits per heavy atom. The highest BCUT2D eigenvalue weighted by Gasteiger charge is 2.25. The lowest BCUT2D eigenvalue weighted by Gasteiger charge is -2.27. The third kappa shape index (κ3) is 2.97. The molecule has 0 N–H and O–H groups in total. The molecule has 0 saturated heterocycles. The number of nitrogens with zero attached hydrogens (tertiary/aromatic N) is 3. The van der Waals surface area contributed by atoms with Gasteiger partial charge in [-0.1, -0.05) is 48.6 Å². The molecule has 2 heterocycles. The molecule has 0 atom stereocenters. The maximum absolute atomic E-state index is 12.5. The summed E-state index contributed by atoms with van der Waals surface area (Å²) in [5.74, 6) is 0.740. The summed E-state index contributed by atoms with van der Waals surface area (Å²) >= 11 is 0. The molecule has 0 spiro atoms. The van der Waals surface area contributed by atoms with Crippen LogP contribution in [0.1, 0.15) is 17.7 Å². The highest BCUT2D eigenvalue weighted by atomic mass is 16.5. The first kappa shape index (κ1) is 14.8. The lowest BCUT2D eigenvalue weighted by atomic mass is 10.2. The zero-order chi connectivity index (χ0) is 16.4. The van der Waals surface area contributed by atoms with Crippen LogP contribution in [0, 0.1) is 0 Å². The topological polar surface area (TPSA) is 47.4 Å². The van der Waals surface area contributed by atoms with E-state index in [4.69, 9.17) is 4.74 Å². The van der Waals surface area contributed by atoms with E-state index in [9.17, 15) is 4.79 Å². The van der Waals surface area contributed by atoms with E-state index in [1.807, 2.05) is 64.2 Å². The van der Waals surface area contributed by atoms with Crippen LogP contribution in [0.3, 0.4) is 0 Å². The monoisotopic (exact) mass is 321 g/mol. The molecule has 0 radical (unpaired) electrons. The van der Waals surface area contributed by atoms with Crippen molar-refractivity contribution in [3.05, 3.63) is 71.5 Å². The number of hydrogen-bond acceptors (Lipinski definition) is 3. The van der Waals surface area contributed by atoms with Crippen LogP contribution in [-0.2, 0) is 24.5 Å². The van der Waals surface area contributed by atoms with Gasteiger partial charge in [-0.15, -0.1) is 5.10 Å². The summed E-state index contributed by atoms with van der Waals surface area (Å²) in [5.41, 5.74) is 2.99. The minimum atomic E-state index is 0.124. The van der Waals surface area contributed by atoms with Crippen molar-refractivity contribution in [2.75, 3.05) is 6.54 Å². The standard InChI is InChI=1S/C19H19N3O2/c23-19(16-8-4-5-9-16)21-10-11-22-17(13-21)12-18(20-22)24-14-15-6-2-1-3-7-15/h1-8,12H,9-11,13-14H2. The smallest absolute Gasteiger partial charge is 0.250 e. The average Bonchev–Trinajstić information content (AvgIpc) is 3.29. The number of aromatic nitrogens is 2. The minimum Gasteiger partial charge on any atom is -0.472 e. The molecular formula is C19H19N3O2. The van der Waals surface area contributed by atoms with E-state index in [0.29, 0.717) is 32.1 Å². The Bertz CT molecular complexity index is 805. The second kappa shape index (κ2) is 6.35. The third-order valence-electron chi connectivity index (χ3n) is 4.34. The SMILES string of the molecule is O=C(C1=CC=CC1)N1CCn2nc(OCc3ccccc3)cc2C1. The number of amides is 1. The van der Waals surface area contributed by atoms with Crippen LogP contribution in [0.15, 0.2) is 60.2 Å². The fourth-order valence-electron chi connectivity index (χ4n) is 3.02. The molecule has 2 aromatic rings. The van der Waals surface area contributed by atoms with Gasteiger partial charge < -0.3 is 9.64 Å². The molecular weight excluding hydrogens is 302 g/mol. The van der Waals surface area contributed by atoms with Gasteiger partial charge in [-0.25, -0.2) is 0 Å². The van der Waals surface area contributed by atoms with E-state index in [1.54, 1.807) is 0 Å². The molecule has 0 bridgehead atoms. The van der Waals surface area contributed by atoms with Crippen LogP contribution in [0.5, 0.6) is 5.88 Å². The second-order valence-corrected chi connectivity index (χ2v) is 6.02. The van der Waals surface area contributed by atoms with Crippen molar-refractivity contribution in [1.82, 2.24) is 14.7 Å². The highest BCUT2D eigenvalue weighted by Crippen LogP contribution is 2.22. The Kier molecular flexibility index (Phi) is 3.91. The van der Waals surface area contributed by atoms with E-state index < -0.39 is 0 Å². The molecule has 5 nitrogen and oxygen atoms in total. The van der Waals surface area contributed by atoms with E-state index in [2.05, 4.69) is 5.10 Å². The van der Waals surface area contributed by atoms with Crippen molar-refractivity contribution in [3.63, 3.8) is 0 Å². The van der Waals surface area contributed by atoms with Crippen LogP contribution in [0.4, 0.5) is 0 Å². The molecule has 1 aliphatic heterocycles. The van der Waals surface area contributed by atoms with Crippen molar-refractivity contribution in [2.24, 2.45) is 0 Å². The van der Waals surface area contributed by atoms with E-state index in [-0.39, 0.29) is 5.91 Å². The van der Waals surface area contributed by atoms with Crippen molar-refractivity contribution >= 4 is 5.91 Å². The maximum atomic E-state index is 12.5. The van der Waals surface area contributed by atoms with Crippen molar-refractivity contribution in [2.45, 2.75) is 26.1 Å². The first-order valence-electron chi connectivity index (χ1n) is 8.18. The largest absolute Gasteiger partial charge is 0.472 e. The number of ether oxygens (including phenoxy) is 1. The van der Waals surface area contributed by atoms with Crippen LogP contribution < -0.4 is 4.74 Å². The lowest BCUT2D eigenvalue weighted by molar-refractivity contribution is -0.128. The van der Waals surface area contributed by atoms with Gasteiger partial charge in [-0.3, -0.25) is 9.48 Å². The number of carbonyl (C=O) groups is 1. The van der Waals surface area contributed by atoms with Gasteiger partial charge in [0, 0.05) is 18.2 Å². The number of allylic oxidation sites excluding steroid dienone is 3. The summed E-state index contributed by atoms with van der Waals surface area (Å²) in [6.45, 7) is 2.47. The van der Waals surface area contributed by atoms with Gasteiger partial charge in [-0.05, 0) is 12.0 Å². The first-order chi connectivity index (χ1) is 11.8. The van der Waals surface area contributed by atoms with Gasteiger partial charge in [0.2, 0.25) is 5.88 Å². The Morgan fingerprint density at radius 1 is 1.21 bits per heavy atom. The summed E-state index contributed by atoms with van der Waals surface area (Å²) < 4.78 is 7.72. The number of carbonyl (C=O) groups excluding carboxylic acids is 1. The number of rotatable bonds is 4. The number of hydrogen-bond donors (Lipinski definition) is 0. The zero-order valence-electron chi connectivity index (χ0n) is 13.4. The van der Waals surface area contributed by atoms with Crippen molar-refractivity contribution in [1.29, 1.82) is 0 Å². The predicted octanol–water partition coefficient (Wildman–Crippen LogP) is 2.69. The highest BCUT2D eigenvalue weighted by molar-refractivity contribution is 5.94. The van der Waals surface area contributed by atoms with Crippen LogP contribution in [0.2, 0.25) is 0 Å². The molecule has 1 aliphatic carbocycles. The Balaban J connectivity index is 1.41. The second-order valence-electron chi connectivity index (χ2n) is 6.02. The molecule has 122 valence electrons. The van der Waals surface area contributed by atoms with Gasteiger partial charge in [0.15, 0.2) is 0 Å². The Morgan fingerprint density at radius 3 is 2.88 bits per heavy atom. The fourth-order valence-corrected chi connectivity index (χ4v) is 3.02. The van der Waals surface area contributed by atoms with Crippen LogP contribution in [0.25, 0.3) is 0 Å². The minimum absolute atomic E-state index is 0.124. The summed E-state index contributed by atoms with van der Waals surface area (Å²) in [6.07, 6.45) is 6.59. The third-order valence-corrected chi connectivity index (χ3v) is 4.34. The summed E-state index contributed by atoms with van der Waals surface area (Å²) in [6, 6.07) is 12.0. The van der Waals surface area contributed by atoms with Crippen molar-refractivity contribution in [3.8, 4) is 5.88 Å². The van der Waals surface area contributed by atoms with Gasteiger partial charge >= 0.3 is 0 Å². The lowest BCUT2D eigenvalue weighted by Crippen LogP contribution is -2.38. The summed E-state index contributed by atoms with van der Waals surface area (Å²) in [7, 11) is 0.